The van der Waals surface area contributed by atoms with Gasteiger partial charge in [-0.1, -0.05) is 0 Å². The molecule has 0 fully saturated rings. The highest BCUT2D eigenvalue weighted by Gasteiger charge is 2.10. The van der Waals surface area contributed by atoms with Gasteiger partial charge in [0.25, 0.3) is 5.91 Å². The van der Waals surface area contributed by atoms with Crippen LogP contribution < -0.4 is 10.1 Å². The number of nitrogens with one attached hydrogen (secondary N) is 1. The summed E-state index contributed by atoms with van der Waals surface area (Å²) in [5, 5.41) is 11.5. The van der Waals surface area contributed by atoms with E-state index in [9.17, 15) is 4.79 Å². The summed E-state index contributed by atoms with van der Waals surface area (Å²) in [5.74, 6) is 0.455. The van der Waals surface area contributed by atoms with Crippen LogP contribution in [-0.4, -0.2) is 30.8 Å². The predicted octanol–water partition coefficient (Wildman–Crippen LogP) is 1.57. The van der Waals surface area contributed by atoms with Gasteiger partial charge in [0, 0.05) is 11.6 Å². The summed E-state index contributed by atoms with van der Waals surface area (Å²) in [6, 6.07) is 4.80. The Kier molecular flexibility index (Phi) is 4.76. The van der Waals surface area contributed by atoms with Crippen LogP contribution in [0.25, 0.3) is 0 Å². The van der Waals surface area contributed by atoms with Crippen LogP contribution in [0.4, 0.5) is 0 Å². The van der Waals surface area contributed by atoms with E-state index in [-0.39, 0.29) is 18.6 Å². The summed E-state index contributed by atoms with van der Waals surface area (Å²) in [4.78, 5) is 11.7. The van der Waals surface area contributed by atoms with Gasteiger partial charge in [-0.3, -0.25) is 4.79 Å². The Labute approximate surface area is 103 Å². The Hall–Kier alpha value is -1.07. The van der Waals surface area contributed by atoms with Crippen LogP contribution in [-0.2, 0) is 0 Å². The van der Waals surface area contributed by atoms with Crippen LogP contribution in [0.5, 0.6) is 5.75 Å². The highest BCUT2D eigenvalue weighted by molar-refractivity contribution is 9.10. The van der Waals surface area contributed by atoms with E-state index in [1.807, 2.05) is 0 Å². The monoisotopic (exact) mass is 287 g/mol. The summed E-state index contributed by atoms with van der Waals surface area (Å²) < 4.78 is 5.78. The molecule has 5 heteroatoms. The fraction of sp³-hybridized carbons (Fsp3) is 0.364. The molecular weight excluding hydrogens is 274 g/mol. The van der Waals surface area contributed by atoms with Crippen LogP contribution >= 0.6 is 15.9 Å². The summed E-state index contributed by atoms with van der Waals surface area (Å²) in [6.07, 6.45) is 0. The van der Waals surface area contributed by atoms with Crippen LogP contribution in [0.15, 0.2) is 22.7 Å². The topological polar surface area (TPSA) is 58.6 Å². The SMILES string of the molecule is COc1ccc(C(=O)NC(C)CO)cc1Br. The Bertz CT molecular complexity index is 381. The third-order valence-corrected chi connectivity index (χ3v) is 2.69. The van der Waals surface area contributed by atoms with Gasteiger partial charge in [0.05, 0.1) is 18.2 Å². The number of aliphatic hydroxyl groups is 1. The lowest BCUT2D eigenvalue weighted by Gasteiger charge is -2.11. The maximum atomic E-state index is 11.7. The van der Waals surface area contributed by atoms with Gasteiger partial charge < -0.3 is 15.2 Å². The van der Waals surface area contributed by atoms with Gasteiger partial charge in [0.15, 0.2) is 0 Å². The molecule has 1 amide bonds. The molecule has 0 aliphatic rings. The Morgan fingerprint density at radius 3 is 2.81 bits per heavy atom. The molecule has 1 unspecified atom stereocenters. The number of hydrogen-bond donors (Lipinski definition) is 2. The number of carbonyl (C=O) groups excluding carboxylic acids is 1. The molecule has 1 rings (SSSR count). The molecule has 1 atom stereocenters. The molecule has 0 aromatic heterocycles. The number of aliphatic hydroxyl groups excluding tert-OH is 1. The molecular formula is C11H14BrNO3. The molecule has 0 radical (unpaired) electrons. The van der Waals surface area contributed by atoms with E-state index >= 15 is 0 Å². The second-order valence-corrected chi connectivity index (χ2v) is 4.26. The minimum atomic E-state index is -0.256. The maximum Gasteiger partial charge on any atom is 0.251 e. The van der Waals surface area contributed by atoms with E-state index in [0.29, 0.717) is 11.3 Å². The average Bonchev–Trinajstić information content (AvgIpc) is 2.28. The fourth-order valence-electron chi connectivity index (χ4n) is 1.16. The number of benzene rings is 1. The zero-order chi connectivity index (χ0) is 12.1. The first-order chi connectivity index (χ1) is 7.58. The first-order valence-corrected chi connectivity index (χ1v) is 5.63. The fourth-order valence-corrected chi connectivity index (χ4v) is 1.70. The smallest absolute Gasteiger partial charge is 0.251 e. The van der Waals surface area contributed by atoms with Crippen molar-refractivity contribution in [3.63, 3.8) is 0 Å². The van der Waals surface area contributed by atoms with E-state index in [0.717, 1.165) is 4.47 Å². The zero-order valence-corrected chi connectivity index (χ0v) is 10.7. The Morgan fingerprint density at radius 1 is 1.62 bits per heavy atom. The number of hydrogen-bond acceptors (Lipinski definition) is 3. The lowest BCUT2D eigenvalue weighted by molar-refractivity contribution is 0.0922. The third kappa shape index (κ3) is 3.21. The van der Waals surface area contributed by atoms with E-state index in [4.69, 9.17) is 9.84 Å². The van der Waals surface area contributed by atoms with Gasteiger partial charge in [-0.25, -0.2) is 0 Å². The molecule has 0 saturated heterocycles. The number of ether oxygens (including phenoxy) is 1. The van der Waals surface area contributed by atoms with E-state index in [1.165, 1.54) is 0 Å². The molecule has 0 spiro atoms. The normalized spacial score (nSPS) is 12.0. The molecule has 88 valence electrons. The maximum absolute atomic E-state index is 11.7. The largest absolute Gasteiger partial charge is 0.496 e. The minimum absolute atomic E-state index is 0.0803. The Morgan fingerprint density at radius 2 is 2.31 bits per heavy atom. The predicted molar refractivity (Wildman–Crippen MR) is 64.7 cm³/mol. The highest BCUT2D eigenvalue weighted by atomic mass is 79.9. The van der Waals surface area contributed by atoms with Gasteiger partial charge in [-0.05, 0) is 41.1 Å². The van der Waals surface area contributed by atoms with E-state index in [2.05, 4.69) is 21.2 Å². The lowest BCUT2D eigenvalue weighted by atomic mass is 10.2. The summed E-state index contributed by atoms with van der Waals surface area (Å²) in [6.45, 7) is 1.65. The van der Waals surface area contributed by atoms with Crippen LogP contribution in [0, 0.1) is 0 Å². The number of halogens is 1. The van der Waals surface area contributed by atoms with Crippen molar-refractivity contribution in [3.05, 3.63) is 28.2 Å². The van der Waals surface area contributed by atoms with Crippen molar-refractivity contribution < 1.29 is 14.6 Å². The molecule has 0 aliphatic carbocycles. The third-order valence-electron chi connectivity index (χ3n) is 2.07. The number of methoxy groups -OCH3 is 1. The van der Waals surface area contributed by atoms with Crippen molar-refractivity contribution in [1.82, 2.24) is 5.32 Å². The van der Waals surface area contributed by atoms with Gasteiger partial charge >= 0.3 is 0 Å². The molecule has 2 N–H and O–H groups in total. The lowest BCUT2D eigenvalue weighted by Crippen LogP contribution is -2.34. The first-order valence-electron chi connectivity index (χ1n) is 4.83. The molecule has 0 aliphatic heterocycles. The number of carbonyl (C=O) groups is 1. The van der Waals surface area contributed by atoms with Crippen molar-refractivity contribution >= 4 is 21.8 Å². The quantitative estimate of drug-likeness (QED) is 0.884. The molecule has 1 aromatic carbocycles. The van der Waals surface area contributed by atoms with Crippen molar-refractivity contribution in [2.45, 2.75) is 13.0 Å². The summed E-state index contributed by atoms with van der Waals surface area (Å²) in [5.41, 5.74) is 0.521. The first kappa shape index (κ1) is 13.0. The Balaban J connectivity index is 2.81. The average molecular weight is 288 g/mol. The van der Waals surface area contributed by atoms with Gasteiger partial charge in [0.2, 0.25) is 0 Å². The summed E-state index contributed by atoms with van der Waals surface area (Å²) >= 11 is 3.30. The van der Waals surface area contributed by atoms with Crippen LogP contribution in [0.1, 0.15) is 17.3 Å². The second-order valence-electron chi connectivity index (χ2n) is 3.41. The van der Waals surface area contributed by atoms with E-state index < -0.39 is 0 Å². The van der Waals surface area contributed by atoms with Crippen molar-refractivity contribution in [3.8, 4) is 5.75 Å². The number of rotatable bonds is 4. The highest BCUT2D eigenvalue weighted by Crippen LogP contribution is 2.25. The molecule has 0 saturated carbocycles. The van der Waals surface area contributed by atoms with Crippen LogP contribution in [0.2, 0.25) is 0 Å². The molecule has 1 aromatic rings. The van der Waals surface area contributed by atoms with Crippen molar-refractivity contribution in [1.29, 1.82) is 0 Å². The van der Waals surface area contributed by atoms with Gasteiger partial charge in [-0.2, -0.15) is 0 Å². The molecule has 16 heavy (non-hydrogen) atoms. The summed E-state index contributed by atoms with van der Waals surface area (Å²) in [7, 11) is 1.56. The van der Waals surface area contributed by atoms with E-state index in [1.54, 1.807) is 32.2 Å². The zero-order valence-electron chi connectivity index (χ0n) is 9.16. The molecule has 0 bridgehead atoms. The minimum Gasteiger partial charge on any atom is -0.496 e. The molecule has 0 heterocycles. The second kappa shape index (κ2) is 5.86. The van der Waals surface area contributed by atoms with Gasteiger partial charge in [-0.15, -0.1) is 0 Å². The van der Waals surface area contributed by atoms with Crippen molar-refractivity contribution in [2.75, 3.05) is 13.7 Å². The molecule has 4 nitrogen and oxygen atoms in total. The standard InChI is InChI=1S/C11H14BrNO3/c1-7(6-14)13-11(15)8-3-4-10(16-2)9(12)5-8/h3-5,7,14H,6H2,1-2H3,(H,13,15). The van der Waals surface area contributed by atoms with Crippen LogP contribution in [0.3, 0.4) is 0 Å². The number of amides is 1. The van der Waals surface area contributed by atoms with Gasteiger partial charge in [0.1, 0.15) is 5.75 Å². The van der Waals surface area contributed by atoms with Crippen molar-refractivity contribution in [2.24, 2.45) is 0 Å².